The summed E-state index contributed by atoms with van der Waals surface area (Å²) < 4.78 is 5.76. The first-order valence-electron chi connectivity index (χ1n) is 11.6. The zero-order valence-corrected chi connectivity index (χ0v) is 19.5. The van der Waals surface area contributed by atoms with E-state index in [1.165, 1.54) is 0 Å². The van der Waals surface area contributed by atoms with Crippen molar-refractivity contribution >= 4 is 17.4 Å². The maximum Gasteiger partial charge on any atom is 0.295 e. The van der Waals surface area contributed by atoms with Crippen molar-refractivity contribution in [2.45, 2.75) is 45.8 Å². The van der Waals surface area contributed by atoms with Gasteiger partial charge in [0.25, 0.3) is 11.7 Å². The molecule has 2 aliphatic rings. The van der Waals surface area contributed by atoms with Crippen molar-refractivity contribution < 1.29 is 19.4 Å². The van der Waals surface area contributed by atoms with Crippen molar-refractivity contribution in [3.05, 3.63) is 65.0 Å². The predicted molar refractivity (Wildman–Crippen MR) is 126 cm³/mol. The van der Waals surface area contributed by atoms with Gasteiger partial charge in [0, 0.05) is 30.9 Å². The molecular formula is C26H31N3O4. The molecule has 7 nitrogen and oxygen atoms in total. The maximum absolute atomic E-state index is 13.1. The van der Waals surface area contributed by atoms with E-state index < -0.39 is 17.7 Å². The number of ether oxygens (including phenoxy) is 1. The molecule has 1 aromatic heterocycles. The Morgan fingerprint density at radius 1 is 1.24 bits per heavy atom. The van der Waals surface area contributed by atoms with E-state index in [4.69, 9.17) is 4.74 Å². The molecule has 0 unspecified atom stereocenters. The van der Waals surface area contributed by atoms with Gasteiger partial charge in [-0.05, 0) is 68.4 Å². The van der Waals surface area contributed by atoms with Gasteiger partial charge in [-0.15, -0.1) is 0 Å². The van der Waals surface area contributed by atoms with E-state index in [2.05, 4.69) is 23.7 Å². The number of hydrogen-bond acceptors (Lipinski definition) is 6. The first-order chi connectivity index (χ1) is 15.9. The van der Waals surface area contributed by atoms with Gasteiger partial charge >= 0.3 is 0 Å². The number of rotatable bonds is 8. The summed E-state index contributed by atoms with van der Waals surface area (Å²) in [6.45, 7) is 9.32. The number of aliphatic hydroxyl groups excluding tert-OH is 1. The monoisotopic (exact) mass is 449 g/mol. The molecule has 2 atom stereocenters. The first-order valence-corrected chi connectivity index (χ1v) is 11.6. The van der Waals surface area contributed by atoms with E-state index in [0.717, 1.165) is 43.8 Å². The molecule has 4 rings (SSSR count). The molecule has 0 spiro atoms. The van der Waals surface area contributed by atoms with Crippen LogP contribution < -0.4 is 4.74 Å². The second kappa shape index (κ2) is 9.75. The van der Waals surface area contributed by atoms with Gasteiger partial charge in [0.1, 0.15) is 17.6 Å². The van der Waals surface area contributed by atoms with Crippen LogP contribution in [0.2, 0.25) is 0 Å². The molecule has 33 heavy (non-hydrogen) atoms. The van der Waals surface area contributed by atoms with Gasteiger partial charge < -0.3 is 19.6 Å². The standard InChI is InChI=1S/C26H31N3O4/c1-4-28(5-2)12-7-13-29-23(19-8-6-11-27-16-19)22(25(31)26(29)32)24(30)18-9-10-21-20(15-18)14-17(3)33-21/h6,8-11,15-17,23,30H,4-5,7,12-14H2,1-3H3/t17-,23+/m0/s1. The number of hydrogen-bond donors (Lipinski definition) is 1. The summed E-state index contributed by atoms with van der Waals surface area (Å²) in [5, 5.41) is 11.3. The number of aromatic nitrogens is 1. The summed E-state index contributed by atoms with van der Waals surface area (Å²) in [5.41, 5.74) is 2.32. The van der Waals surface area contributed by atoms with Crippen LogP contribution in [0.15, 0.2) is 48.3 Å². The summed E-state index contributed by atoms with van der Waals surface area (Å²) in [5.74, 6) is -0.604. The number of Topliss-reactive ketones (excluding diaryl/α,β-unsaturated/α-hetero) is 1. The van der Waals surface area contributed by atoms with Gasteiger partial charge in [-0.1, -0.05) is 19.9 Å². The molecule has 1 amide bonds. The molecule has 2 aliphatic heterocycles. The molecule has 0 bridgehead atoms. The van der Waals surface area contributed by atoms with Gasteiger partial charge in [-0.25, -0.2) is 0 Å². The van der Waals surface area contributed by atoms with E-state index in [0.29, 0.717) is 17.7 Å². The largest absolute Gasteiger partial charge is 0.507 e. The summed E-state index contributed by atoms with van der Waals surface area (Å²) in [6.07, 6.45) is 4.85. The Balaban J connectivity index is 1.71. The average molecular weight is 450 g/mol. The fraction of sp³-hybridized carbons (Fsp3) is 0.423. The predicted octanol–water partition coefficient (Wildman–Crippen LogP) is 3.56. The molecule has 0 saturated carbocycles. The molecule has 7 heteroatoms. The zero-order valence-electron chi connectivity index (χ0n) is 19.5. The third kappa shape index (κ3) is 4.50. The number of aliphatic hydroxyl groups is 1. The average Bonchev–Trinajstić information content (AvgIpc) is 3.32. The van der Waals surface area contributed by atoms with Crippen LogP contribution in [0, 0.1) is 0 Å². The first kappa shape index (κ1) is 23.0. The minimum Gasteiger partial charge on any atom is -0.507 e. The van der Waals surface area contributed by atoms with Crippen LogP contribution in [0.25, 0.3) is 5.76 Å². The smallest absolute Gasteiger partial charge is 0.295 e. The molecule has 0 aliphatic carbocycles. The van der Waals surface area contributed by atoms with Gasteiger partial charge in [0.15, 0.2) is 0 Å². The highest BCUT2D eigenvalue weighted by atomic mass is 16.5. The van der Waals surface area contributed by atoms with Crippen molar-refractivity contribution in [2.75, 3.05) is 26.2 Å². The third-order valence-electron chi connectivity index (χ3n) is 6.48. The van der Waals surface area contributed by atoms with Crippen LogP contribution in [0.4, 0.5) is 0 Å². The second-order valence-electron chi connectivity index (χ2n) is 8.61. The Kier molecular flexibility index (Phi) is 6.79. The number of benzene rings is 1. The third-order valence-corrected chi connectivity index (χ3v) is 6.48. The highest BCUT2D eigenvalue weighted by Gasteiger charge is 2.46. The molecule has 1 N–H and O–H groups in total. The van der Waals surface area contributed by atoms with E-state index >= 15 is 0 Å². The maximum atomic E-state index is 13.1. The molecule has 1 saturated heterocycles. The van der Waals surface area contributed by atoms with Crippen molar-refractivity contribution in [3.63, 3.8) is 0 Å². The van der Waals surface area contributed by atoms with E-state index in [1.54, 1.807) is 29.4 Å². The molecule has 2 aromatic rings. The van der Waals surface area contributed by atoms with Crippen LogP contribution in [-0.4, -0.2) is 63.9 Å². The Bertz CT molecular complexity index is 1060. The van der Waals surface area contributed by atoms with Crippen molar-refractivity contribution in [2.24, 2.45) is 0 Å². The quantitative estimate of drug-likeness (QED) is 0.377. The lowest BCUT2D eigenvalue weighted by molar-refractivity contribution is -0.140. The van der Waals surface area contributed by atoms with Crippen LogP contribution in [0.5, 0.6) is 5.75 Å². The Morgan fingerprint density at radius 2 is 2.03 bits per heavy atom. The molecule has 174 valence electrons. The number of likely N-dealkylation sites (tertiary alicyclic amines) is 1. The minimum absolute atomic E-state index is 0.0733. The summed E-state index contributed by atoms with van der Waals surface area (Å²) in [6, 6.07) is 8.35. The van der Waals surface area contributed by atoms with Crippen molar-refractivity contribution in [1.29, 1.82) is 0 Å². The summed E-state index contributed by atoms with van der Waals surface area (Å²) >= 11 is 0. The molecular weight excluding hydrogens is 418 g/mol. The van der Waals surface area contributed by atoms with E-state index in [-0.39, 0.29) is 17.4 Å². The van der Waals surface area contributed by atoms with Gasteiger partial charge in [-0.2, -0.15) is 0 Å². The Labute approximate surface area is 194 Å². The Morgan fingerprint density at radius 3 is 2.73 bits per heavy atom. The Hall–Kier alpha value is -3.19. The fourth-order valence-corrected chi connectivity index (χ4v) is 4.72. The zero-order chi connectivity index (χ0) is 23.5. The number of pyridine rings is 1. The van der Waals surface area contributed by atoms with Crippen LogP contribution in [-0.2, 0) is 16.0 Å². The molecule has 1 aromatic carbocycles. The number of fused-ring (bicyclic) bond motifs is 1. The molecule has 1 fully saturated rings. The van der Waals surface area contributed by atoms with Gasteiger partial charge in [-0.3, -0.25) is 14.6 Å². The number of carbonyl (C=O) groups is 2. The number of nitrogens with zero attached hydrogens (tertiary/aromatic N) is 3. The highest BCUT2D eigenvalue weighted by molar-refractivity contribution is 6.46. The van der Waals surface area contributed by atoms with Gasteiger partial charge in [0.2, 0.25) is 0 Å². The second-order valence-corrected chi connectivity index (χ2v) is 8.61. The van der Waals surface area contributed by atoms with Crippen LogP contribution >= 0.6 is 0 Å². The normalized spacial score (nSPS) is 21.5. The van der Waals surface area contributed by atoms with Crippen LogP contribution in [0.3, 0.4) is 0 Å². The fourth-order valence-electron chi connectivity index (χ4n) is 4.72. The lowest BCUT2D eigenvalue weighted by atomic mass is 9.95. The van der Waals surface area contributed by atoms with Crippen LogP contribution in [0.1, 0.15) is 49.9 Å². The summed E-state index contributed by atoms with van der Waals surface area (Å²) in [7, 11) is 0. The minimum atomic E-state index is -0.668. The van der Waals surface area contributed by atoms with E-state index in [9.17, 15) is 14.7 Å². The molecule has 0 radical (unpaired) electrons. The number of amides is 1. The number of carbonyl (C=O) groups excluding carboxylic acids is 2. The lowest BCUT2D eigenvalue weighted by Gasteiger charge is -2.26. The lowest BCUT2D eigenvalue weighted by Crippen LogP contribution is -2.33. The molecule has 3 heterocycles. The topological polar surface area (TPSA) is 83.0 Å². The van der Waals surface area contributed by atoms with Crippen molar-refractivity contribution in [3.8, 4) is 5.75 Å². The SMILES string of the molecule is CCN(CC)CCCN1C(=O)C(=O)C(=C(O)c2ccc3c(c2)C[C@H](C)O3)[C@H]1c1cccnc1. The highest BCUT2D eigenvalue weighted by Crippen LogP contribution is 2.40. The number of ketones is 1. The van der Waals surface area contributed by atoms with Gasteiger partial charge in [0.05, 0.1) is 11.6 Å². The van der Waals surface area contributed by atoms with Crippen molar-refractivity contribution in [1.82, 2.24) is 14.8 Å². The summed E-state index contributed by atoms with van der Waals surface area (Å²) in [4.78, 5) is 34.3. The van der Waals surface area contributed by atoms with E-state index in [1.807, 2.05) is 25.1 Å².